The van der Waals surface area contributed by atoms with Crippen molar-refractivity contribution in [2.24, 2.45) is 5.73 Å². The SMILES string of the molecule is CCC(C)c1ccc2[nH]c(-c3ccncc3)c(CCCCN)c2c1. The summed E-state index contributed by atoms with van der Waals surface area (Å²) in [5.74, 6) is 0.588. The molecule has 1 unspecified atom stereocenters. The fraction of sp³-hybridized carbons (Fsp3) is 0.381. The fourth-order valence-electron chi connectivity index (χ4n) is 3.28. The maximum Gasteiger partial charge on any atom is 0.0498 e. The zero-order valence-corrected chi connectivity index (χ0v) is 14.7. The Morgan fingerprint density at radius 3 is 2.62 bits per heavy atom. The molecule has 3 aromatic rings. The number of rotatable bonds is 7. The average Bonchev–Trinajstić information content (AvgIpc) is 3.00. The summed E-state index contributed by atoms with van der Waals surface area (Å²) < 4.78 is 0. The molecule has 0 spiro atoms. The number of hydrogen-bond donors (Lipinski definition) is 2. The standard InChI is InChI=1S/C21H27N3/c1-3-15(2)17-7-8-20-19(14-17)18(6-4-5-11-22)21(24-20)16-9-12-23-13-10-16/h7-10,12-15,24H,3-6,11,22H2,1-2H3. The minimum atomic E-state index is 0.588. The van der Waals surface area contributed by atoms with Crippen LogP contribution >= 0.6 is 0 Å². The third-order valence-corrected chi connectivity index (χ3v) is 4.96. The Hall–Kier alpha value is -2.13. The van der Waals surface area contributed by atoms with Gasteiger partial charge in [0.2, 0.25) is 0 Å². The number of nitrogens with one attached hydrogen (secondary N) is 1. The number of pyridine rings is 1. The van der Waals surface area contributed by atoms with Gasteiger partial charge in [-0.15, -0.1) is 0 Å². The molecule has 0 saturated carbocycles. The van der Waals surface area contributed by atoms with Crippen molar-refractivity contribution in [1.82, 2.24) is 9.97 Å². The lowest BCUT2D eigenvalue weighted by Crippen LogP contribution is -1.99. The van der Waals surface area contributed by atoms with Gasteiger partial charge in [0.25, 0.3) is 0 Å². The number of nitrogens with two attached hydrogens (primary N) is 1. The highest BCUT2D eigenvalue weighted by Gasteiger charge is 2.14. The molecule has 3 rings (SSSR count). The van der Waals surface area contributed by atoms with Crippen LogP contribution in [0.3, 0.4) is 0 Å². The van der Waals surface area contributed by atoms with Gasteiger partial charge in [-0.2, -0.15) is 0 Å². The largest absolute Gasteiger partial charge is 0.354 e. The van der Waals surface area contributed by atoms with Crippen LogP contribution in [0.15, 0.2) is 42.7 Å². The number of nitrogens with zero attached hydrogens (tertiary/aromatic N) is 1. The van der Waals surface area contributed by atoms with Crippen LogP contribution in [0.1, 0.15) is 50.2 Å². The number of benzene rings is 1. The minimum Gasteiger partial charge on any atom is -0.354 e. The first-order valence-corrected chi connectivity index (χ1v) is 8.99. The monoisotopic (exact) mass is 321 g/mol. The maximum absolute atomic E-state index is 5.70. The normalized spacial score (nSPS) is 12.6. The van der Waals surface area contributed by atoms with Crippen LogP contribution in [-0.4, -0.2) is 16.5 Å². The van der Waals surface area contributed by atoms with Crippen LogP contribution in [0, 0.1) is 0 Å². The molecule has 0 amide bonds. The summed E-state index contributed by atoms with van der Waals surface area (Å²) >= 11 is 0. The zero-order valence-electron chi connectivity index (χ0n) is 14.7. The first-order chi connectivity index (χ1) is 11.7. The van der Waals surface area contributed by atoms with Gasteiger partial charge >= 0.3 is 0 Å². The molecule has 0 aliphatic carbocycles. The van der Waals surface area contributed by atoms with Gasteiger partial charge in [-0.05, 0) is 73.5 Å². The molecule has 0 radical (unpaired) electrons. The Balaban J connectivity index is 2.10. The highest BCUT2D eigenvalue weighted by Crippen LogP contribution is 2.33. The molecule has 24 heavy (non-hydrogen) atoms. The average molecular weight is 321 g/mol. The van der Waals surface area contributed by atoms with E-state index in [4.69, 9.17) is 5.73 Å². The Kier molecular flexibility index (Phi) is 5.31. The summed E-state index contributed by atoms with van der Waals surface area (Å²) in [4.78, 5) is 7.78. The van der Waals surface area contributed by atoms with E-state index in [2.05, 4.69) is 54.1 Å². The number of H-pyrrole nitrogens is 1. The first-order valence-electron chi connectivity index (χ1n) is 8.99. The number of aryl methyl sites for hydroxylation is 1. The van der Waals surface area contributed by atoms with E-state index in [1.54, 1.807) is 0 Å². The molecule has 2 aromatic heterocycles. The molecule has 0 fully saturated rings. The van der Waals surface area contributed by atoms with Crippen molar-refractivity contribution in [3.63, 3.8) is 0 Å². The van der Waals surface area contributed by atoms with Crippen LogP contribution in [-0.2, 0) is 6.42 Å². The Morgan fingerprint density at radius 1 is 1.12 bits per heavy atom. The molecule has 0 aliphatic heterocycles. The summed E-state index contributed by atoms with van der Waals surface area (Å²) in [5, 5.41) is 1.36. The van der Waals surface area contributed by atoms with E-state index in [9.17, 15) is 0 Å². The second-order valence-electron chi connectivity index (χ2n) is 6.57. The van der Waals surface area contributed by atoms with Gasteiger partial charge in [0, 0.05) is 34.6 Å². The molecule has 0 bridgehead atoms. The molecule has 126 valence electrons. The number of hydrogen-bond acceptors (Lipinski definition) is 2. The molecule has 3 heteroatoms. The Morgan fingerprint density at radius 2 is 1.92 bits per heavy atom. The van der Waals surface area contributed by atoms with Crippen molar-refractivity contribution in [3.8, 4) is 11.3 Å². The maximum atomic E-state index is 5.70. The lowest BCUT2D eigenvalue weighted by atomic mass is 9.95. The van der Waals surface area contributed by atoms with Gasteiger partial charge in [-0.1, -0.05) is 19.9 Å². The molecular formula is C21H27N3. The number of unbranched alkanes of at least 4 members (excludes halogenated alkanes) is 1. The van der Waals surface area contributed by atoms with Gasteiger partial charge < -0.3 is 10.7 Å². The predicted molar refractivity (Wildman–Crippen MR) is 102 cm³/mol. The number of aromatic amines is 1. The van der Waals surface area contributed by atoms with E-state index in [0.29, 0.717) is 5.92 Å². The molecular weight excluding hydrogens is 294 g/mol. The van der Waals surface area contributed by atoms with Crippen molar-refractivity contribution < 1.29 is 0 Å². The first kappa shape index (κ1) is 16.7. The summed E-state index contributed by atoms with van der Waals surface area (Å²) in [5.41, 5.74) is 12.2. The minimum absolute atomic E-state index is 0.588. The van der Waals surface area contributed by atoms with Crippen LogP contribution in [0.4, 0.5) is 0 Å². The van der Waals surface area contributed by atoms with Crippen molar-refractivity contribution in [3.05, 3.63) is 53.9 Å². The highest BCUT2D eigenvalue weighted by molar-refractivity contribution is 5.91. The van der Waals surface area contributed by atoms with Gasteiger partial charge in [0.15, 0.2) is 0 Å². The summed E-state index contributed by atoms with van der Waals surface area (Å²) in [6.45, 7) is 5.30. The Labute approximate surface area is 144 Å². The van der Waals surface area contributed by atoms with Gasteiger partial charge in [-0.3, -0.25) is 4.98 Å². The van der Waals surface area contributed by atoms with E-state index in [1.807, 2.05) is 12.4 Å². The van der Waals surface area contributed by atoms with E-state index in [1.165, 1.54) is 33.3 Å². The molecule has 0 aliphatic rings. The van der Waals surface area contributed by atoms with E-state index < -0.39 is 0 Å². The summed E-state index contributed by atoms with van der Waals surface area (Å²) in [7, 11) is 0. The zero-order chi connectivity index (χ0) is 16.9. The summed E-state index contributed by atoms with van der Waals surface area (Å²) in [6, 6.07) is 11.0. The van der Waals surface area contributed by atoms with Crippen LogP contribution in [0.5, 0.6) is 0 Å². The molecule has 1 atom stereocenters. The van der Waals surface area contributed by atoms with Crippen molar-refractivity contribution in [2.75, 3.05) is 6.54 Å². The summed E-state index contributed by atoms with van der Waals surface area (Å²) in [6.07, 6.45) is 8.11. The van der Waals surface area contributed by atoms with E-state index in [-0.39, 0.29) is 0 Å². The quantitative estimate of drug-likeness (QED) is 0.600. The van der Waals surface area contributed by atoms with Gasteiger partial charge in [0.1, 0.15) is 0 Å². The van der Waals surface area contributed by atoms with Crippen LogP contribution in [0.25, 0.3) is 22.2 Å². The lowest BCUT2D eigenvalue weighted by Gasteiger charge is -2.10. The molecule has 1 aromatic carbocycles. The van der Waals surface area contributed by atoms with E-state index >= 15 is 0 Å². The smallest absolute Gasteiger partial charge is 0.0498 e. The van der Waals surface area contributed by atoms with Crippen molar-refractivity contribution >= 4 is 10.9 Å². The topological polar surface area (TPSA) is 54.7 Å². The van der Waals surface area contributed by atoms with E-state index in [0.717, 1.165) is 32.2 Å². The predicted octanol–water partition coefficient (Wildman–Crippen LogP) is 5.02. The second-order valence-corrected chi connectivity index (χ2v) is 6.57. The number of aromatic nitrogens is 2. The van der Waals surface area contributed by atoms with Crippen LogP contribution < -0.4 is 5.73 Å². The molecule has 3 nitrogen and oxygen atoms in total. The third kappa shape index (κ3) is 3.36. The molecule has 0 saturated heterocycles. The third-order valence-electron chi connectivity index (χ3n) is 4.96. The molecule has 3 N–H and O–H groups in total. The van der Waals surface area contributed by atoms with Gasteiger partial charge in [0.05, 0.1) is 0 Å². The number of fused-ring (bicyclic) bond motifs is 1. The Bertz CT molecular complexity index is 789. The fourth-order valence-corrected chi connectivity index (χ4v) is 3.28. The van der Waals surface area contributed by atoms with Crippen molar-refractivity contribution in [1.29, 1.82) is 0 Å². The lowest BCUT2D eigenvalue weighted by molar-refractivity contribution is 0.734. The highest BCUT2D eigenvalue weighted by atomic mass is 14.7. The second kappa shape index (κ2) is 7.63. The molecule has 2 heterocycles. The van der Waals surface area contributed by atoms with Crippen LogP contribution in [0.2, 0.25) is 0 Å². The van der Waals surface area contributed by atoms with Crippen molar-refractivity contribution in [2.45, 2.75) is 45.4 Å². The van der Waals surface area contributed by atoms with Gasteiger partial charge in [-0.25, -0.2) is 0 Å².